The molecule has 0 amide bonds. The van der Waals surface area contributed by atoms with Crippen LogP contribution in [0.4, 0.5) is 35.1 Å². The van der Waals surface area contributed by atoms with Gasteiger partial charge in [-0.1, -0.05) is 6.58 Å². The lowest BCUT2D eigenvalue weighted by molar-refractivity contribution is -0.367. The zero-order valence-corrected chi connectivity index (χ0v) is 11.1. The van der Waals surface area contributed by atoms with Gasteiger partial charge in [0.2, 0.25) is 0 Å². The Morgan fingerprint density at radius 2 is 1.43 bits per heavy atom. The third-order valence-electron chi connectivity index (χ3n) is 2.64. The van der Waals surface area contributed by atoms with E-state index in [0.29, 0.717) is 0 Å². The molecular weight excluding hydrogens is 316 g/mol. The Balaban J connectivity index is 5.55. The average Bonchev–Trinajstić information content (AvgIpc) is 2.25. The molecular formula is C11H12F8O2. The van der Waals surface area contributed by atoms with E-state index >= 15 is 0 Å². The first-order valence-corrected chi connectivity index (χ1v) is 5.33. The molecule has 1 atom stereocenters. The lowest BCUT2D eigenvalue weighted by Crippen LogP contribution is -2.58. The molecule has 2 nitrogen and oxygen atoms in total. The van der Waals surface area contributed by atoms with E-state index in [0.717, 1.165) is 6.92 Å². The van der Waals surface area contributed by atoms with Gasteiger partial charge in [0.25, 0.3) is 0 Å². The molecule has 0 saturated carbocycles. The van der Waals surface area contributed by atoms with E-state index in [1.807, 2.05) is 0 Å². The van der Waals surface area contributed by atoms with Crippen molar-refractivity contribution in [1.29, 1.82) is 0 Å². The maximum atomic E-state index is 13.4. The molecule has 0 rings (SSSR count). The predicted molar refractivity (Wildman–Crippen MR) is 55.5 cm³/mol. The maximum absolute atomic E-state index is 13.4. The molecule has 0 aliphatic rings. The second-order valence-electron chi connectivity index (χ2n) is 4.89. The first-order chi connectivity index (χ1) is 8.98. The van der Waals surface area contributed by atoms with Gasteiger partial charge in [-0.3, -0.25) is 0 Å². The fourth-order valence-corrected chi connectivity index (χ4v) is 1.02. The van der Waals surface area contributed by atoms with Crippen molar-refractivity contribution in [3.05, 3.63) is 12.2 Å². The molecule has 1 unspecified atom stereocenters. The zero-order valence-electron chi connectivity index (χ0n) is 11.1. The molecule has 0 aromatic rings. The number of ether oxygens (including phenoxy) is 1. The molecule has 10 heteroatoms. The number of hydrogen-bond donors (Lipinski definition) is 0. The lowest BCUT2D eigenvalue weighted by Gasteiger charge is -2.37. The number of esters is 1. The van der Waals surface area contributed by atoms with E-state index in [9.17, 15) is 39.9 Å². The summed E-state index contributed by atoms with van der Waals surface area (Å²) in [4.78, 5) is 10.8. The smallest absolute Gasteiger partial charge is 0.393 e. The summed E-state index contributed by atoms with van der Waals surface area (Å²) < 4.78 is 107. The van der Waals surface area contributed by atoms with Crippen molar-refractivity contribution in [2.75, 3.05) is 0 Å². The van der Waals surface area contributed by atoms with Gasteiger partial charge in [0.1, 0.15) is 0 Å². The summed E-state index contributed by atoms with van der Waals surface area (Å²) in [5, 5.41) is 0. The number of carbonyl (C=O) groups is 1. The van der Waals surface area contributed by atoms with Crippen molar-refractivity contribution >= 4 is 5.97 Å². The fraction of sp³-hybridized carbons (Fsp3) is 0.727. The van der Waals surface area contributed by atoms with Gasteiger partial charge in [-0.05, 0) is 20.8 Å². The SMILES string of the molecule is C=C(C)C(=O)OC(F)(F)C(F)(F)C(F)C(C)(C)C(F)(F)F. The van der Waals surface area contributed by atoms with Crippen LogP contribution in [0, 0.1) is 5.41 Å². The van der Waals surface area contributed by atoms with Gasteiger partial charge in [-0.25, -0.2) is 9.18 Å². The summed E-state index contributed by atoms with van der Waals surface area (Å²) in [7, 11) is 0. The molecule has 0 heterocycles. The van der Waals surface area contributed by atoms with E-state index in [2.05, 4.69) is 11.3 Å². The standard InChI is InChI=1S/C11H12F8O2/c1-5(2)6(20)21-11(18,19)9(13,14)7(12)8(3,4)10(15,16)17/h7H,1H2,2-4H3. The average molecular weight is 328 g/mol. The molecule has 0 fully saturated rings. The minimum absolute atomic E-state index is 0.0117. The molecule has 0 radical (unpaired) electrons. The van der Waals surface area contributed by atoms with Crippen LogP contribution in [0.2, 0.25) is 0 Å². The van der Waals surface area contributed by atoms with Gasteiger partial charge in [-0.2, -0.15) is 30.7 Å². The maximum Gasteiger partial charge on any atom is 0.469 e. The molecule has 0 aliphatic carbocycles. The monoisotopic (exact) mass is 328 g/mol. The van der Waals surface area contributed by atoms with E-state index < -0.39 is 41.3 Å². The molecule has 21 heavy (non-hydrogen) atoms. The normalized spacial score (nSPS) is 15.6. The molecule has 0 saturated heterocycles. The second-order valence-corrected chi connectivity index (χ2v) is 4.89. The Kier molecular flexibility index (Phi) is 5.10. The van der Waals surface area contributed by atoms with Gasteiger partial charge in [0.05, 0.1) is 5.41 Å². The highest BCUT2D eigenvalue weighted by Crippen LogP contribution is 2.51. The number of carbonyl (C=O) groups excluding carboxylic acids is 1. The topological polar surface area (TPSA) is 26.3 Å². The Morgan fingerprint density at radius 3 is 1.71 bits per heavy atom. The van der Waals surface area contributed by atoms with Crippen LogP contribution in [-0.4, -0.2) is 30.3 Å². The lowest BCUT2D eigenvalue weighted by atomic mass is 9.83. The fourth-order valence-electron chi connectivity index (χ4n) is 1.02. The van der Waals surface area contributed by atoms with Crippen LogP contribution in [0.25, 0.3) is 0 Å². The van der Waals surface area contributed by atoms with Crippen LogP contribution in [0.5, 0.6) is 0 Å². The molecule has 124 valence electrons. The predicted octanol–water partition coefficient (Wildman–Crippen LogP) is 4.26. The Bertz CT molecular complexity index is 424. The van der Waals surface area contributed by atoms with Crippen molar-refractivity contribution in [3.63, 3.8) is 0 Å². The van der Waals surface area contributed by atoms with Crippen molar-refractivity contribution in [2.45, 2.75) is 45.2 Å². The van der Waals surface area contributed by atoms with Gasteiger partial charge in [-0.15, -0.1) is 0 Å². The molecule has 0 aromatic heterocycles. The summed E-state index contributed by atoms with van der Waals surface area (Å²) >= 11 is 0. The number of rotatable bonds is 5. The molecule has 0 N–H and O–H groups in total. The van der Waals surface area contributed by atoms with Crippen LogP contribution in [0.15, 0.2) is 12.2 Å². The number of halogens is 8. The Hall–Kier alpha value is -1.35. The highest BCUT2D eigenvalue weighted by molar-refractivity contribution is 5.87. The highest BCUT2D eigenvalue weighted by atomic mass is 19.4. The molecule has 0 spiro atoms. The zero-order chi connectivity index (χ0) is 17.4. The highest BCUT2D eigenvalue weighted by Gasteiger charge is 2.72. The largest absolute Gasteiger partial charge is 0.469 e. The van der Waals surface area contributed by atoms with Crippen molar-refractivity contribution in [1.82, 2.24) is 0 Å². The van der Waals surface area contributed by atoms with Gasteiger partial charge >= 0.3 is 24.2 Å². The minimum atomic E-state index is -5.89. The van der Waals surface area contributed by atoms with Crippen molar-refractivity contribution in [2.24, 2.45) is 5.41 Å². The Labute approximate surface area is 114 Å². The minimum Gasteiger partial charge on any atom is -0.393 e. The van der Waals surface area contributed by atoms with E-state index in [4.69, 9.17) is 0 Å². The first-order valence-electron chi connectivity index (χ1n) is 5.33. The van der Waals surface area contributed by atoms with E-state index in [1.165, 1.54) is 0 Å². The van der Waals surface area contributed by atoms with Crippen LogP contribution < -0.4 is 0 Å². The van der Waals surface area contributed by atoms with Gasteiger partial charge < -0.3 is 4.74 Å². The van der Waals surface area contributed by atoms with Gasteiger partial charge in [0, 0.05) is 5.57 Å². The first kappa shape index (κ1) is 19.7. The summed E-state index contributed by atoms with van der Waals surface area (Å²) in [5.74, 6) is -7.88. The summed E-state index contributed by atoms with van der Waals surface area (Å²) in [6, 6.07) is 0. The summed E-state index contributed by atoms with van der Waals surface area (Å²) in [5.41, 5.74) is -4.51. The summed E-state index contributed by atoms with van der Waals surface area (Å²) in [6.45, 7) is 3.64. The van der Waals surface area contributed by atoms with Crippen LogP contribution in [0.1, 0.15) is 20.8 Å². The van der Waals surface area contributed by atoms with E-state index in [-0.39, 0.29) is 13.8 Å². The van der Waals surface area contributed by atoms with E-state index in [1.54, 1.807) is 0 Å². The van der Waals surface area contributed by atoms with Crippen LogP contribution in [0.3, 0.4) is 0 Å². The van der Waals surface area contributed by atoms with Crippen LogP contribution in [-0.2, 0) is 9.53 Å². The van der Waals surface area contributed by atoms with Crippen LogP contribution >= 0.6 is 0 Å². The summed E-state index contributed by atoms with van der Waals surface area (Å²) in [6.07, 6.45) is -15.6. The Morgan fingerprint density at radius 1 is 1.05 bits per heavy atom. The molecule has 0 aliphatic heterocycles. The quantitative estimate of drug-likeness (QED) is 0.428. The van der Waals surface area contributed by atoms with Crippen molar-refractivity contribution < 1.29 is 44.7 Å². The third-order valence-corrected chi connectivity index (χ3v) is 2.64. The number of alkyl halides is 8. The van der Waals surface area contributed by atoms with Crippen molar-refractivity contribution in [3.8, 4) is 0 Å². The molecule has 0 aromatic carbocycles. The third kappa shape index (κ3) is 3.65. The second kappa shape index (κ2) is 5.45. The van der Waals surface area contributed by atoms with Gasteiger partial charge in [0.15, 0.2) is 6.17 Å². The molecule has 0 bridgehead atoms. The number of hydrogen-bond acceptors (Lipinski definition) is 2.